The van der Waals surface area contributed by atoms with Crippen molar-refractivity contribution in [3.63, 3.8) is 0 Å². The number of hydrogen-bond acceptors (Lipinski definition) is 5. The first-order valence-electron chi connectivity index (χ1n) is 10.3. The summed E-state index contributed by atoms with van der Waals surface area (Å²) in [7, 11) is 0. The molecule has 1 rings (SSSR count). The van der Waals surface area contributed by atoms with Crippen LogP contribution in [0, 0.1) is 0 Å². The third-order valence-corrected chi connectivity index (χ3v) is 4.12. The van der Waals surface area contributed by atoms with E-state index < -0.39 is 42.0 Å². The summed E-state index contributed by atoms with van der Waals surface area (Å²) in [6.45, 7) is 10.5. The molecule has 0 heterocycles. The van der Waals surface area contributed by atoms with Gasteiger partial charge in [-0.1, -0.05) is 30.3 Å². The lowest BCUT2D eigenvalue weighted by molar-refractivity contribution is -0.143. The molecule has 0 saturated heterocycles. The Morgan fingerprint density at radius 3 is 2.10 bits per heavy atom. The molecular weight excluding hydrogens is 400 g/mol. The number of likely N-dealkylation sites (N-methyl/N-ethyl adjacent to an activating group) is 1. The largest absolute Gasteiger partial charge is 0.444 e. The summed E-state index contributed by atoms with van der Waals surface area (Å²) in [6, 6.07) is 6.46. The van der Waals surface area contributed by atoms with Crippen LogP contribution in [0.15, 0.2) is 30.3 Å². The highest BCUT2D eigenvalue weighted by Gasteiger charge is 2.36. The van der Waals surface area contributed by atoms with Crippen LogP contribution in [0.4, 0.5) is 4.79 Å². The molecule has 4 N–H and O–H groups in total. The minimum atomic E-state index is -1.27. The lowest BCUT2D eigenvalue weighted by Crippen LogP contribution is -2.54. The number of nitrogens with one attached hydrogen (secondary N) is 2. The molecule has 9 heteroatoms. The van der Waals surface area contributed by atoms with Crippen molar-refractivity contribution in [1.82, 2.24) is 15.5 Å². The van der Waals surface area contributed by atoms with Crippen LogP contribution in [0.2, 0.25) is 0 Å². The fourth-order valence-corrected chi connectivity index (χ4v) is 2.99. The van der Waals surface area contributed by atoms with Crippen molar-refractivity contribution in [2.24, 2.45) is 5.73 Å². The second-order valence-corrected chi connectivity index (χ2v) is 8.47. The van der Waals surface area contributed by atoms with Gasteiger partial charge in [0.15, 0.2) is 0 Å². The molecule has 31 heavy (non-hydrogen) atoms. The summed E-state index contributed by atoms with van der Waals surface area (Å²) in [4.78, 5) is 51.5. The molecule has 0 saturated carbocycles. The Bertz CT molecular complexity index is 774. The molecule has 0 aromatic heterocycles. The van der Waals surface area contributed by atoms with Crippen molar-refractivity contribution in [3.05, 3.63) is 35.9 Å². The van der Waals surface area contributed by atoms with Gasteiger partial charge in [-0.15, -0.1) is 0 Å². The molecule has 1 aromatic carbocycles. The normalized spacial score (nSPS) is 13.1. The number of carbonyl (C=O) groups excluding carboxylic acids is 4. The van der Waals surface area contributed by atoms with Crippen LogP contribution in [0.25, 0.3) is 0 Å². The topological polar surface area (TPSA) is 131 Å². The van der Waals surface area contributed by atoms with Gasteiger partial charge in [0.25, 0.3) is 0 Å². The Kier molecular flexibility index (Phi) is 9.48. The van der Waals surface area contributed by atoms with E-state index in [1.165, 1.54) is 4.90 Å². The van der Waals surface area contributed by atoms with Crippen LogP contribution >= 0.6 is 0 Å². The Labute approximate surface area is 183 Å². The van der Waals surface area contributed by atoms with Gasteiger partial charge >= 0.3 is 6.09 Å². The summed E-state index contributed by atoms with van der Waals surface area (Å²) in [6.07, 6.45) is -1.28. The minimum absolute atomic E-state index is 0.145. The number of nitrogens with two attached hydrogens (primary N) is 1. The van der Waals surface area contributed by atoms with Crippen LogP contribution < -0.4 is 16.4 Å². The van der Waals surface area contributed by atoms with E-state index >= 15 is 0 Å². The van der Waals surface area contributed by atoms with Crippen molar-refractivity contribution in [3.8, 4) is 0 Å². The maximum Gasteiger partial charge on any atom is 0.408 e. The van der Waals surface area contributed by atoms with Crippen LogP contribution in [-0.4, -0.2) is 52.9 Å². The number of alkyl carbamates (subject to hydrolysis) is 1. The highest BCUT2D eigenvalue weighted by atomic mass is 16.6. The Balaban J connectivity index is 3.28. The molecule has 0 radical (unpaired) electrons. The molecule has 1 aromatic rings. The lowest BCUT2D eigenvalue weighted by atomic mass is 10.0. The summed E-state index contributed by atoms with van der Waals surface area (Å²) in [5.41, 5.74) is 5.12. The number of nitrogens with zero attached hydrogens (tertiary/aromatic N) is 1. The van der Waals surface area contributed by atoms with E-state index in [1.54, 1.807) is 58.0 Å². The first kappa shape index (κ1) is 25.9. The molecule has 2 atom stereocenters. The molecule has 2 unspecified atom stereocenters. The molecule has 0 bridgehead atoms. The predicted molar refractivity (Wildman–Crippen MR) is 117 cm³/mol. The molecule has 4 amide bonds. The van der Waals surface area contributed by atoms with Crippen molar-refractivity contribution in [2.45, 2.75) is 71.7 Å². The van der Waals surface area contributed by atoms with E-state index in [-0.39, 0.29) is 18.5 Å². The fourth-order valence-electron chi connectivity index (χ4n) is 2.99. The third kappa shape index (κ3) is 8.65. The molecule has 0 fully saturated rings. The molecular formula is C22H34N4O5. The number of primary amides is 1. The van der Waals surface area contributed by atoms with Crippen LogP contribution in [0.5, 0.6) is 0 Å². The van der Waals surface area contributed by atoms with Gasteiger partial charge in [-0.05, 0) is 47.1 Å². The quantitative estimate of drug-likeness (QED) is 0.546. The number of carbonyl (C=O) groups is 4. The molecule has 0 aliphatic heterocycles. The first-order chi connectivity index (χ1) is 14.4. The van der Waals surface area contributed by atoms with Crippen LogP contribution in [0.1, 0.15) is 59.6 Å². The van der Waals surface area contributed by atoms with Gasteiger partial charge in [0.1, 0.15) is 17.7 Å². The Hall–Kier alpha value is -3.10. The molecule has 9 nitrogen and oxygen atoms in total. The van der Waals surface area contributed by atoms with Gasteiger partial charge in [0.05, 0.1) is 6.42 Å². The molecule has 0 aliphatic rings. The number of rotatable bonds is 9. The summed E-state index contributed by atoms with van der Waals surface area (Å²) in [5.74, 6) is -1.75. The second kappa shape index (κ2) is 11.3. The van der Waals surface area contributed by atoms with Gasteiger partial charge in [-0.25, -0.2) is 4.79 Å². The zero-order valence-electron chi connectivity index (χ0n) is 19.1. The SMILES string of the molecule is CCN(C(=O)C(CC(N)=O)NC(=O)OC(C)(C)C)C(C(=O)NC(C)C)c1ccccc1. The highest BCUT2D eigenvalue weighted by Crippen LogP contribution is 2.23. The minimum Gasteiger partial charge on any atom is -0.444 e. The van der Waals surface area contributed by atoms with E-state index in [9.17, 15) is 19.2 Å². The summed E-state index contributed by atoms with van der Waals surface area (Å²) in [5, 5.41) is 5.25. The zero-order valence-corrected chi connectivity index (χ0v) is 19.1. The zero-order chi connectivity index (χ0) is 23.8. The number of amides is 4. The van der Waals surface area contributed by atoms with Crippen molar-refractivity contribution in [1.29, 1.82) is 0 Å². The van der Waals surface area contributed by atoms with Crippen LogP contribution in [0.3, 0.4) is 0 Å². The lowest BCUT2D eigenvalue weighted by Gasteiger charge is -2.33. The fraction of sp³-hybridized carbons (Fsp3) is 0.545. The maximum atomic E-state index is 13.4. The van der Waals surface area contributed by atoms with E-state index in [0.29, 0.717) is 5.56 Å². The van der Waals surface area contributed by atoms with Crippen LogP contribution in [-0.2, 0) is 19.1 Å². The van der Waals surface area contributed by atoms with Gasteiger partial charge < -0.3 is 26.0 Å². The van der Waals surface area contributed by atoms with Gasteiger partial charge in [0.2, 0.25) is 17.7 Å². The molecule has 0 aliphatic carbocycles. The predicted octanol–water partition coefficient (Wildman–Crippen LogP) is 1.87. The third-order valence-electron chi connectivity index (χ3n) is 4.12. The standard InChI is InChI=1S/C22H34N4O5/c1-7-26(18(19(28)24-14(2)3)15-11-9-8-10-12-15)20(29)16(13-17(23)27)25-21(30)31-22(4,5)6/h8-12,14,16,18H,7,13H2,1-6H3,(H2,23,27)(H,24,28)(H,25,30). The maximum absolute atomic E-state index is 13.4. The van der Waals surface area contributed by atoms with Gasteiger partial charge in [-0.3, -0.25) is 14.4 Å². The van der Waals surface area contributed by atoms with E-state index in [0.717, 1.165) is 0 Å². The molecule has 172 valence electrons. The number of benzene rings is 1. The second-order valence-electron chi connectivity index (χ2n) is 8.47. The summed E-state index contributed by atoms with van der Waals surface area (Å²) >= 11 is 0. The van der Waals surface area contributed by atoms with E-state index in [1.807, 2.05) is 13.8 Å². The monoisotopic (exact) mass is 434 g/mol. The number of ether oxygens (including phenoxy) is 1. The Morgan fingerprint density at radius 2 is 1.65 bits per heavy atom. The Morgan fingerprint density at radius 1 is 1.06 bits per heavy atom. The van der Waals surface area contributed by atoms with Crippen molar-refractivity contribution in [2.75, 3.05) is 6.54 Å². The highest BCUT2D eigenvalue weighted by molar-refractivity contribution is 5.94. The van der Waals surface area contributed by atoms with Crippen molar-refractivity contribution < 1.29 is 23.9 Å². The van der Waals surface area contributed by atoms with E-state index in [4.69, 9.17) is 10.5 Å². The molecule has 0 spiro atoms. The van der Waals surface area contributed by atoms with Gasteiger partial charge in [-0.2, -0.15) is 0 Å². The van der Waals surface area contributed by atoms with Gasteiger partial charge in [0, 0.05) is 12.6 Å². The van der Waals surface area contributed by atoms with E-state index in [2.05, 4.69) is 10.6 Å². The smallest absolute Gasteiger partial charge is 0.408 e. The average molecular weight is 435 g/mol. The average Bonchev–Trinajstić information content (AvgIpc) is 2.63. The summed E-state index contributed by atoms with van der Waals surface area (Å²) < 4.78 is 5.21. The number of hydrogen-bond donors (Lipinski definition) is 3. The first-order valence-corrected chi connectivity index (χ1v) is 10.3. The van der Waals surface area contributed by atoms with Crippen molar-refractivity contribution >= 4 is 23.8 Å².